The van der Waals surface area contributed by atoms with Crippen LogP contribution in [0.2, 0.25) is 0 Å². The van der Waals surface area contributed by atoms with Crippen molar-refractivity contribution in [3.05, 3.63) is 70.5 Å². The fourth-order valence-corrected chi connectivity index (χ4v) is 2.81. The van der Waals surface area contributed by atoms with E-state index in [9.17, 15) is 14.4 Å². The highest BCUT2D eigenvalue weighted by Gasteiger charge is 2.23. The smallest absolute Gasteiger partial charge is 0.319 e. The summed E-state index contributed by atoms with van der Waals surface area (Å²) in [6.45, 7) is 0. The Labute approximate surface area is 154 Å². The zero-order valence-electron chi connectivity index (χ0n) is 14.4. The third-order valence-corrected chi connectivity index (χ3v) is 4.31. The fourth-order valence-electron chi connectivity index (χ4n) is 2.81. The quantitative estimate of drug-likeness (QED) is 0.573. The number of carbonyl (C=O) groups is 2. The second-order valence-electron chi connectivity index (χ2n) is 6.50. The SMILES string of the molecule is O=C(Nc1ccc(NC(=O)c2cc(=O)[nH]c3ccccc23)cc1)NC1CC1. The number of aromatic amines is 1. The summed E-state index contributed by atoms with van der Waals surface area (Å²) < 4.78 is 0. The van der Waals surface area contributed by atoms with Gasteiger partial charge in [-0.2, -0.15) is 0 Å². The molecule has 7 heteroatoms. The van der Waals surface area contributed by atoms with E-state index in [-0.39, 0.29) is 23.5 Å². The van der Waals surface area contributed by atoms with E-state index in [1.807, 2.05) is 6.07 Å². The zero-order valence-corrected chi connectivity index (χ0v) is 14.4. The summed E-state index contributed by atoms with van der Waals surface area (Å²) in [7, 11) is 0. The molecule has 4 N–H and O–H groups in total. The normalized spacial score (nSPS) is 13.2. The average Bonchev–Trinajstić information content (AvgIpc) is 3.46. The van der Waals surface area contributed by atoms with Crippen molar-refractivity contribution in [2.75, 3.05) is 10.6 Å². The Morgan fingerprint density at radius 1 is 0.926 bits per heavy atom. The van der Waals surface area contributed by atoms with Crippen molar-refractivity contribution in [1.29, 1.82) is 0 Å². The number of para-hydroxylation sites is 1. The first-order valence-electron chi connectivity index (χ1n) is 8.69. The number of anilines is 2. The number of nitrogens with one attached hydrogen (secondary N) is 4. The molecular formula is C20H18N4O3. The first-order chi connectivity index (χ1) is 13.1. The molecule has 0 spiro atoms. The minimum atomic E-state index is -0.371. The summed E-state index contributed by atoms with van der Waals surface area (Å²) >= 11 is 0. The number of hydrogen-bond donors (Lipinski definition) is 4. The van der Waals surface area contributed by atoms with Crippen LogP contribution in [0.25, 0.3) is 10.9 Å². The van der Waals surface area contributed by atoms with Gasteiger partial charge in [0.05, 0.1) is 5.56 Å². The largest absolute Gasteiger partial charge is 0.335 e. The second kappa shape index (κ2) is 6.95. The minimum absolute atomic E-state index is 0.232. The number of pyridine rings is 1. The van der Waals surface area contributed by atoms with Crippen LogP contribution in [0.5, 0.6) is 0 Å². The number of hydrogen-bond acceptors (Lipinski definition) is 3. The van der Waals surface area contributed by atoms with E-state index in [1.165, 1.54) is 6.07 Å². The maximum atomic E-state index is 12.6. The molecular weight excluding hydrogens is 344 g/mol. The van der Waals surface area contributed by atoms with Crippen molar-refractivity contribution < 1.29 is 9.59 Å². The van der Waals surface area contributed by atoms with Crippen LogP contribution in [-0.2, 0) is 0 Å². The molecule has 1 aliphatic carbocycles. The first kappa shape index (κ1) is 16.8. The Balaban J connectivity index is 1.48. The maximum absolute atomic E-state index is 12.6. The predicted molar refractivity (Wildman–Crippen MR) is 104 cm³/mol. The molecule has 0 radical (unpaired) electrons. The van der Waals surface area contributed by atoms with Crippen LogP contribution < -0.4 is 21.5 Å². The third kappa shape index (κ3) is 3.98. The van der Waals surface area contributed by atoms with Crippen LogP contribution in [0.4, 0.5) is 16.2 Å². The van der Waals surface area contributed by atoms with Crippen LogP contribution in [0, 0.1) is 0 Å². The lowest BCUT2D eigenvalue weighted by Crippen LogP contribution is -2.30. The van der Waals surface area contributed by atoms with Gasteiger partial charge in [-0.25, -0.2) is 4.79 Å². The van der Waals surface area contributed by atoms with Crippen molar-refractivity contribution in [3.63, 3.8) is 0 Å². The van der Waals surface area contributed by atoms with E-state index in [0.29, 0.717) is 27.8 Å². The van der Waals surface area contributed by atoms with Crippen LogP contribution in [0.15, 0.2) is 59.4 Å². The Morgan fingerprint density at radius 3 is 2.30 bits per heavy atom. The highest BCUT2D eigenvalue weighted by Crippen LogP contribution is 2.20. The van der Waals surface area contributed by atoms with E-state index in [1.54, 1.807) is 42.5 Å². The summed E-state index contributed by atoms with van der Waals surface area (Å²) in [4.78, 5) is 38.9. The summed E-state index contributed by atoms with van der Waals surface area (Å²) in [6.07, 6.45) is 2.05. The summed E-state index contributed by atoms with van der Waals surface area (Å²) in [5.74, 6) is -0.371. The highest BCUT2D eigenvalue weighted by atomic mass is 16.2. The van der Waals surface area contributed by atoms with Gasteiger partial charge in [0.15, 0.2) is 0 Å². The number of H-pyrrole nitrogens is 1. The number of carbonyl (C=O) groups excluding carboxylic acids is 2. The van der Waals surface area contributed by atoms with Crippen LogP contribution in [-0.4, -0.2) is 23.0 Å². The number of rotatable bonds is 4. The summed E-state index contributed by atoms with van der Waals surface area (Å²) in [6, 6.07) is 15.3. The van der Waals surface area contributed by atoms with Gasteiger partial charge < -0.3 is 20.9 Å². The minimum Gasteiger partial charge on any atom is -0.335 e. The van der Waals surface area contributed by atoms with Gasteiger partial charge in [0, 0.05) is 34.4 Å². The molecule has 0 bridgehead atoms. The zero-order chi connectivity index (χ0) is 18.8. The Hall–Kier alpha value is -3.61. The lowest BCUT2D eigenvalue weighted by molar-refractivity contribution is 0.102. The van der Waals surface area contributed by atoms with Gasteiger partial charge in [0.2, 0.25) is 5.56 Å². The topological polar surface area (TPSA) is 103 Å². The van der Waals surface area contributed by atoms with E-state index >= 15 is 0 Å². The van der Waals surface area contributed by atoms with Gasteiger partial charge in [-0.05, 0) is 43.2 Å². The fraction of sp³-hybridized carbons (Fsp3) is 0.150. The molecule has 3 aromatic rings. The molecule has 1 fully saturated rings. The molecule has 136 valence electrons. The Bertz CT molecular complexity index is 1070. The van der Waals surface area contributed by atoms with Gasteiger partial charge >= 0.3 is 6.03 Å². The van der Waals surface area contributed by atoms with Gasteiger partial charge in [0.1, 0.15) is 0 Å². The molecule has 0 unspecified atom stereocenters. The average molecular weight is 362 g/mol. The number of aromatic nitrogens is 1. The number of amides is 3. The molecule has 1 aliphatic rings. The molecule has 27 heavy (non-hydrogen) atoms. The monoisotopic (exact) mass is 362 g/mol. The van der Waals surface area contributed by atoms with E-state index in [2.05, 4.69) is 20.9 Å². The lowest BCUT2D eigenvalue weighted by Gasteiger charge is -2.10. The van der Waals surface area contributed by atoms with Gasteiger partial charge in [0.25, 0.3) is 5.91 Å². The maximum Gasteiger partial charge on any atom is 0.319 e. The van der Waals surface area contributed by atoms with Gasteiger partial charge in [-0.3, -0.25) is 9.59 Å². The molecule has 7 nitrogen and oxygen atoms in total. The lowest BCUT2D eigenvalue weighted by atomic mass is 10.1. The number of urea groups is 1. The molecule has 0 saturated heterocycles. The number of fused-ring (bicyclic) bond motifs is 1. The molecule has 0 atom stereocenters. The standard InChI is InChI=1S/C20H18N4O3/c25-18-11-16(15-3-1-2-4-17(15)24-18)19(26)21-12-5-7-13(8-6-12)22-20(27)23-14-9-10-14/h1-8,11,14H,9-10H2,(H,21,26)(H,24,25)(H2,22,23,27). The third-order valence-electron chi connectivity index (χ3n) is 4.31. The van der Waals surface area contributed by atoms with E-state index in [4.69, 9.17) is 0 Å². The summed E-state index contributed by atoms with van der Waals surface area (Å²) in [5.41, 5.74) is 1.78. The number of benzene rings is 2. The van der Waals surface area contributed by atoms with Crippen molar-refractivity contribution >= 4 is 34.2 Å². The molecule has 1 saturated carbocycles. The van der Waals surface area contributed by atoms with Crippen molar-refractivity contribution in [3.8, 4) is 0 Å². The van der Waals surface area contributed by atoms with Gasteiger partial charge in [-0.1, -0.05) is 18.2 Å². The second-order valence-corrected chi connectivity index (χ2v) is 6.50. The van der Waals surface area contributed by atoms with Crippen molar-refractivity contribution in [1.82, 2.24) is 10.3 Å². The molecule has 2 aromatic carbocycles. The van der Waals surface area contributed by atoms with E-state index in [0.717, 1.165) is 12.8 Å². The van der Waals surface area contributed by atoms with Gasteiger partial charge in [-0.15, -0.1) is 0 Å². The molecule has 1 heterocycles. The Kier molecular flexibility index (Phi) is 4.33. The highest BCUT2D eigenvalue weighted by molar-refractivity contribution is 6.12. The summed E-state index contributed by atoms with van der Waals surface area (Å²) in [5, 5.41) is 9.04. The van der Waals surface area contributed by atoms with Crippen LogP contribution in [0.3, 0.4) is 0 Å². The van der Waals surface area contributed by atoms with Crippen molar-refractivity contribution in [2.24, 2.45) is 0 Å². The molecule has 0 aliphatic heterocycles. The van der Waals surface area contributed by atoms with Crippen molar-refractivity contribution in [2.45, 2.75) is 18.9 Å². The predicted octanol–water partition coefficient (Wildman–Crippen LogP) is 3.06. The van der Waals surface area contributed by atoms with Crippen LogP contribution in [0.1, 0.15) is 23.2 Å². The van der Waals surface area contributed by atoms with Crippen LogP contribution >= 0.6 is 0 Å². The molecule has 4 rings (SSSR count). The van der Waals surface area contributed by atoms with E-state index < -0.39 is 0 Å². The molecule has 3 amide bonds. The first-order valence-corrected chi connectivity index (χ1v) is 8.69. The molecule has 1 aromatic heterocycles. The Morgan fingerprint density at radius 2 is 1.59 bits per heavy atom.